The molecule has 1 saturated heterocycles. The smallest absolute Gasteiger partial charge is 0.326 e. The van der Waals surface area contributed by atoms with Gasteiger partial charge < -0.3 is 19.7 Å². The van der Waals surface area contributed by atoms with Crippen LogP contribution in [0.4, 0.5) is 11.6 Å². The van der Waals surface area contributed by atoms with Gasteiger partial charge in [0.1, 0.15) is 6.54 Å². The minimum Gasteiger partial charge on any atom is -0.454 e. The number of likely N-dealkylation sites (N-methyl/N-ethyl adjacent to an activating group) is 1. The lowest BCUT2D eigenvalue weighted by Crippen LogP contribution is -2.40. The van der Waals surface area contributed by atoms with Crippen LogP contribution < -0.4 is 10.2 Å². The number of carbonyl (C=O) groups is 2. The molecule has 3 rings (SSSR count). The number of benzene rings is 1. The molecule has 0 unspecified atom stereocenters. The van der Waals surface area contributed by atoms with Gasteiger partial charge in [-0.25, -0.2) is 18.4 Å². The Morgan fingerprint density at radius 2 is 1.81 bits per heavy atom. The Kier molecular flexibility index (Phi) is 7.50. The number of amides is 1. The van der Waals surface area contributed by atoms with Crippen molar-refractivity contribution in [2.24, 2.45) is 0 Å². The lowest BCUT2D eigenvalue weighted by atomic mass is 10.3. The monoisotopic (exact) mass is 449 g/mol. The summed E-state index contributed by atoms with van der Waals surface area (Å²) >= 11 is 0. The molecular weight excluding hydrogens is 426 g/mol. The molecule has 0 atom stereocenters. The minimum atomic E-state index is -3.61. The standard InChI is InChI=1S/C19H23N5O6S/c1-23(19-20-7-2-8-21-19)13-18(26)30-14-17(25)22-15-3-5-16(6-4-15)31(27,28)24-9-11-29-12-10-24/h2-8H,9-14H2,1H3,(H,22,25). The van der Waals surface area contributed by atoms with Crippen LogP contribution in [0.25, 0.3) is 0 Å². The third-order valence-electron chi connectivity index (χ3n) is 4.37. The molecule has 1 aliphatic heterocycles. The van der Waals surface area contributed by atoms with E-state index in [1.807, 2.05) is 0 Å². The number of esters is 1. The molecule has 1 N–H and O–H groups in total. The van der Waals surface area contributed by atoms with E-state index < -0.39 is 28.5 Å². The third kappa shape index (κ3) is 6.20. The molecule has 1 aromatic carbocycles. The van der Waals surface area contributed by atoms with Crippen LogP contribution in [0.5, 0.6) is 0 Å². The van der Waals surface area contributed by atoms with E-state index in [4.69, 9.17) is 9.47 Å². The second-order valence-electron chi connectivity index (χ2n) is 6.65. The second-order valence-corrected chi connectivity index (χ2v) is 8.59. The Morgan fingerprint density at radius 3 is 2.45 bits per heavy atom. The number of hydrogen-bond acceptors (Lipinski definition) is 9. The normalized spacial score (nSPS) is 14.6. The van der Waals surface area contributed by atoms with E-state index in [1.165, 1.54) is 33.5 Å². The van der Waals surface area contributed by atoms with Gasteiger partial charge in [0.2, 0.25) is 16.0 Å². The third-order valence-corrected chi connectivity index (χ3v) is 6.28. The van der Waals surface area contributed by atoms with Crippen molar-refractivity contribution < 1.29 is 27.5 Å². The summed E-state index contributed by atoms with van der Waals surface area (Å²) in [7, 11) is -1.98. The molecule has 0 radical (unpaired) electrons. The Morgan fingerprint density at radius 1 is 1.16 bits per heavy atom. The summed E-state index contributed by atoms with van der Waals surface area (Å²) in [5.41, 5.74) is 0.386. The summed E-state index contributed by atoms with van der Waals surface area (Å²) in [6.07, 6.45) is 3.10. The summed E-state index contributed by atoms with van der Waals surface area (Å²) in [6, 6.07) is 7.45. The zero-order valence-corrected chi connectivity index (χ0v) is 17.7. The van der Waals surface area contributed by atoms with Gasteiger partial charge in [-0.1, -0.05) is 0 Å². The predicted octanol–water partition coefficient (Wildman–Crippen LogP) is 0.116. The average Bonchev–Trinajstić information content (AvgIpc) is 2.79. The zero-order chi connectivity index (χ0) is 22.3. The Bertz CT molecular complexity index is 994. The molecule has 1 aromatic heterocycles. The van der Waals surface area contributed by atoms with E-state index in [-0.39, 0.29) is 11.4 Å². The van der Waals surface area contributed by atoms with Crippen molar-refractivity contribution in [2.75, 3.05) is 56.7 Å². The molecular formula is C19H23N5O6S. The summed E-state index contributed by atoms with van der Waals surface area (Å²) in [5.74, 6) is -0.802. The van der Waals surface area contributed by atoms with E-state index in [1.54, 1.807) is 25.5 Å². The summed E-state index contributed by atoms with van der Waals surface area (Å²) < 4.78 is 36.7. The van der Waals surface area contributed by atoms with Crippen LogP contribution in [0.15, 0.2) is 47.6 Å². The van der Waals surface area contributed by atoms with Gasteiger partial charge in [-0.2, -0.15) is 4.31 Å². The maximum Gasteiger partial charge on any atom is 0.326 e. The Labute approximate surface area is 180 Å². The molecule has 12 heteroatoms. The summed E-state index contributed by atoms with van der Waals surface area (Å²) in [6.45, 7) is 0.734. The van der Waals surface area contributed by atoms with Crippen molar-refractivity contribution in [1.82, 2.24) is 14.3 Å². The highest BCUT2D eigenvalue weighted by atomic mass is 32.2. The number of carbonyl (C=O) groups excluding carboxylic acids is 2. The molecule has 0 bridgehead atoms. The SMILES string of the molecule is CN(CC(=O)OCC(=O)Nc1ccc(S(=O)(=O)N2CCOCC2)cc1)c1ncccn1. The van der Waals surface area contributed by atoms with Gasteiger partial charge in [0.25, 0.3) is 5.91 Å². The first-order valence-electron chi connectivity index (χ1n) is 9.48. The molecule has 11 nitrogen and oxygen atoms in total. The molecule has 0 aliphatic carbocycles. The van der Waals surface area contributed by atoms with Crippen molar-refractivity contribution in [3.8, 4) is 0 Å². The number of nitrogens with one attached hydrogen (secondary N) is 1. The largest absolute Gasteiger partial charge is 0.454 e. The van der Waals surface area contributed by atoms with E-state index in [0.717, 1.165) is 0 Å². The maximum atomic E-state index is 12.6. The van der Waals surface area contributed by atoms with Gasteiger partial charge in [-0.05, 0) is 30.3 Å². The van der Waals surface area contributed by atoms with E-state index >= 15 is 0 Å². The van der Waals surface area contributed by atoms with Crippen LogP contribution in [0, 0.1) is 0 Å². The first-order valence-corrected chi connectivity index (χ1v) is 10.9. The van der Waals surface area contributed by atoms with E-state index in [0.29, 0.717) is 37.9 Å². The van der Waals surface area contributed by atoms with Gasteiger partial charge >= 0.3 is 5.97 Å². The van der Waals surface area contributed by atoms with Crippen LogP contribution in [-0.4, -0.2) is 81.1 Å². The summed E-state index contributed by atoms with van der Waals surface area (Å²) in [4.78, 5) is 33.6. The van der Waals surface area contributed by atoms with Crippen molar-refractivity contribution in [3.63, 3.8) is 0 Å². The van der Waals surface area contributed by atoms with Gasteiger partial charge in [0, 0.05) is 38.2 Å². The number of ether oxygens (including phenoxy) is 2. The topological polar surface area (TPSA) is 131 Å². The number of rotatable bonds is 8. The number of hydrogen-bond donors (Lipinski definition) is 1. The van der Waals surface area contributed by atoms with Gasteiger partial charge in [-0.15, -0.1) is 0 Å². The second kappa shape index (κ2) is 10.3. The highest BCUT2D eigenvalue weighted by Crippen LogP contribution is 2.19. The van der Waals surface area contributed by atoms with Crippen molar-refractivity contribution >= 4 is 33.5 Å². The molecule has 166 valence electrons. The number of nitrogens with zero attached hydrogens (tertiary/aromatic N) is 4. The fraction of sp³-hybridized carbons (Fsp3) is 0.368. The fourth-order valence-corrected chi connectivity index (χ4v) is 4.20. The van der Waals surface area contributed by atoms with E-state index in [2.05, 4.69) is 15.3 Å². The van der Waals surface area contributed by atoms with Crippen LogP contribution in [0.3, 0.4) is 0 Å². The summed E-state index contributed by atoms with van der Waals surface area (Å²) in [5, 5.41) is 2.56. The minimum absolute atomic E-state index is 0.120. The van der Waals surface area contributed by atoms with Crippen molar-refractivity contribution in [3.05, 3.63) is 42.7 Å². The number of morpholine rings is 1. The molecule has 0 saturated carbocycles. The Hall–Kier alpha value is -3.09. The molecule has 1 aliphatic rings. The van der Waals surface area contributed by atoms with Gasteiger partial charge in [0.05, 0.1) is 18.1 Å². The fourth-order valence-electron chi connectivity index (χ4n) is 2.79. The first kappa shape index (κ1) is 22.6. The maximum absolute atomic E-state index is 12.6. The highest BCUT2D eigenvalue weighted by molar-refractivity contribution is 7.89. The quantitative estimate of drug-likeness (QED) is 0.558. The number of sulfonamides is 1. The van der Waals surface area contributed by atoms with Crippen molar-refractivity contribution in [1.29, 1.82) is 0 Å². The molecule has 31 heavy (non-hydrogen) atoms. The molecule has 1 fully saturated rings. The van der Waals surface area contributed by atoms with Crippen molar-refractivity contribution in [2.45, 2.75) is 4.90 Å². The van der Waals surface area contributed by atoms with Crippen LogP contribution in [0.2, 0.25) is 0 Å². The lowest BCUT2D eigenvalue weighted by molar-refractivity contribution is -0.145. The highest BCUT2D eigenvalue weighted by Gasteiger charge is 2.26. The Balaban J connectivity index is 1.47. The number of aromatic nitrogens is 2. The predicted molar refractivity (Wildman–Crippen MR) is 111 cm³/mol. The molecule has 0 spiro atoms. The molecule has 2 aromatic rings. The average molecular weight is 449 g/mol. The first-order chi connectivity index (χ1) is 14.9. The van der Waals surface area contributed by atoms with Crippen LogP contribution >= 0.6 is 0 Å². The van der Waals surface area contributed by atoms with Crippen LogP contribution in [-0.2, 0) is 29.1 Å². The van der Waals surface area contributed by atoms with Crippen LogP contribution in [0.1, 0.15) is 0 Å². The van der Waals surface area contributed by atoms with Gasteiger partial charge in [0.15, 0.2) is 6.61 Å². The van der Waals surface area contributed by atoms with E-state index in [9.17, 15) is 18.0 Å². The zero-order valence-electron chi connectivity index (χ0n) is 16.9. The lowest BCUT2D eigenvalue weighted by Gasteiger charge is -2.26. The van der Waals surface area contributed by atoms with Gasteiger partial charge in [-0.3, -0.25) is 9.59 Å². The number of anilines is 2. The molecule has 1 amide bonds. The molecule has 2 heterocycles.